The molecule has 1 aromatic heterocycles. The topological polar surface area (TPSA) is 34.5 Å². The third kappa shape index (κ3) is 6.94. The van der Waals surface area contributed by atoms with Crippen LogP contribution in [0.1, 0.15) is 54.0 Å². The Kier molecular flexibility index (Phi) is 9.44. The molecule has 1 aliphatic carbocycles. The number of ether oxygens (including phenoxy) is 1. The van der Waals surface area contributed by atoms with Crippen LogP contribution in [0.2, 0.25) is 0 Å². The van der Waals surface area contributed by atoms with Crippen molar-refractivity contribution in [1.29, 1.82) is 0 Å². The fourth-order valence-corrected chi connectivity index (χ4v) is 7.95. The van der Waals surface area contributed by atoms with Crippen LogP contribution in [0.5, 0.6) is 5.75 Å². The Morgan fingerprint density at radius 3 is 2.12 bits per heavy atom. The monoisotopic (exact) mass is 656 g/mol. The Morgan fingerprint density at radius 2 is 1.28 bits per heavy atom. The summed E-state index contributed by atoms with van der Waals surface area (Å²) in [4.78, 5) is 15.1. The maximum absolute atomic E-state index is 12.6. The maximum atomic E-state index is 12.6. The number of rotatable bonds is 6. The van der Waals surface area contributed by atoms with Crippen LogP contribution in [0.15, 0.2) is 144 Å². The SMILES string of the molecule is O=c1ccc2ccccc2n1C1CCN(Cc2ccc(OCc3ccccc3)cc2)CC1.c1ccc2c(c1)ccc1c3c(ccc12)CCCC3. The Bertz CT molecular complexity index is 2280. The summed E-state index contributed by atoms with van der Waals surface area (Å²) < 4.78 is 7.91. The van der Waals surface area contributed by atoms with Crippen molar-refractivity contribution in [2.24, 2.45) is 0 Å². The largest absolute Gasteiger partial charge is 0.489 e. The maximum Gasteiger partial charge on any atom is 0.251 e. The molecule has 0 amide bonds. The molecule has 0 saturated carbocycles. The van der Waals surface area contributed by atoms with E-state index in [1.165, 1.54) is 58.4 Å². The standard InChI is InChI=1S/C28H28N2O2.C18H16/c31-28-15-12-24-8-4-5-9-27(24)30(28)25-16-18-29(19-17-25)20-22-10-13-26(14-11-22)32-21-23-6-2-1-3-7-23;1-3-7-15-13(5-1)9-11-18-16-8-4-2-6-14(16)10-12-17(15)18/h1-15,25H,16-21H2;1,3,5,7,9-12H,2,4,6,8H2. The third-order valence-corrected chi connectivity index (χ3v) is 10.6. The van der Waals surface area contributed by atoms with Crippen molar-refractivity contribution in [2.45, 2.75) is 57.7 Å². The molecule has 50 heavy (non-hydrogen) atoms. The van der Waals surface area contributed by atoms with Crippen LogP contribution in [-0.2, 0) is 26.0 Å². The van der Waals surface area contributed by atoms with Gasteiger partial charge in [-0.25, -0.2) is 0 Å². The van der Waals surface area contributed by atoms with Crippen LogP contribution in [-0.4, -0.2) is 22.6 Å². The fraction of sp³-hybridized carbons (Fsp3) is 0.239. The highest BCUT2D eigenvalue weighted by Crippen LogP contribution is 2.33. The average Bonchev–Trinajstić information content (AvgIpc) is 3.18. The first-order chi connectivity index (χ1) is 24.7. The van der Waals surface area contributed by atoms with Gasteiger partial charge in [-0.2, -0.15) is 0 Å². The number of aromatic nitrogens is 1. The molecular formula is C46H44N2O2. The minimum atomic E-state index is 0.105. The first kappa shape index (κ1) is 32.0. The zero-order valence-electron chi connectivity index (χ0n) is 28.6. The van der Waals surface area contributed by atoms with Gasteiger partial charge < -0.3 is 9.30 Å². The molecule has 2 heterocycles. The van der Waals surface area contributed by atoms with E-state index in [4.69, 9.17) is 4.74 Å². The lowest BCUT2D eigenvalue weighted by molar-refractivity contribution is 0.180. The second-order valence-corrected chi connectivity index (χ2v) is 13.8. The smallest absolute Gasteiger partial charge is 0.251 e. The molecule has 0 unspecified atom stereocenters. The van der Waals surface area contributed by atoms with Crippen LogP contribution in [0, 0.1) is 0 Å². The molecule has 1 fully saturated rings. The molecule has 0 N–H and O–H groups in total. The van der Waals surface area contributed by atoms with E-state index in [9.17, 15) is 4.79 Å². The molecule has 1 saturated heterocycles. The molecule has 0 bridgehead atoms. The Morgan fingerprint density at radius 1 is 0.580 bits per heavy atom. The Balaban J connectivity index is 0.000000168. The predicted octanol–water partition coefficient (Wildman–Crippen LogP) is 10.3. The average molecular weight is 657 g/mol. The summed E-state index contributed by atoms with van der Waals surface area (Å²) in [6, 6.07) is 48.7. The van der Waals surface area contributed by atoms with E-state index in [1.807, 2.05) is 41.0 Å². The van der Waals surface area contributed by atoms with Gasteiger partial charge in [0.1, 0.15) is 12.4 Å². The van der Waals surface area contributed by atoms with Gasteiger partial charge in [-0.1, -0.05) is 109 Å². The summed E-state index contributed by atoms with van der Waals surface area (Å²) in [6.45, 7) is 3.50. The van der Waals surface area contributed by atoms with Gasteiger partial charge in [0.25, 0.3) is 5.56 Å². The van der Waals surface area contributed by atoms with Crippen LogP contribution in [0.4, 0.5) is 0 Å². The Labute approximate surface area is 294 Å². The van der Waals surface area contributed by atoms with Crippen molar-refractivity contribution in [3.05, 3.63) is 172 Å². The summed E-state index contributed by atoms with van der Waals surface area (Å²) in [6.07, 6.45) is 7.20. The van der Waals surface area contributed by atoms with Crippen LogP contribution in [0.3, 0.4) is 0 Å². The lowest BCUT2D eigenvalue weighted by Gasteiger charge is -2.33. The minimum absolute atomic E-state index is 0.105. The van der Waals surface area contributed by atoms with E-state index in [2.05, 4.69) is 102 Å². The molecule has 250 valence electrons. The second-order valence-electron chi connectivity index (χ2n) is 13.8. The van der Waals surface area contributed by atoms with Gasteiger partial charge in [0.2, 0.25) is 0 Å². The second kappa shape index (κ2) is 14.7. The van der Waals surface area contributed by atoms with Crippen molar-refractivity contribution in [3.8, 4) is 5.75 Å². The van der Waals surface area contributed by atoms with Crippen LogP contribution in [0.25, 0.3) is 32.4 Å². The number of fused-ring (bicyclic) bond motifs is 6. The fourth-order valence-electron chi connectivity index (χ4n) is 7.95. The number of likely N-dealkylation sites (tertiary alicyclic amines) is 1. The van der Waals surface area contributed by atoms with Crippen molar-refractivity contribution >= 4 is 32.4 Å². The number of hydrogen-bond acceptors (Lipinski definition) is 3. The van der Waals surface area contributed by atoms with Gasteiger partial charge in [0, 0.05) is 31.7 Å². The third-order valence-electron chi connectivity index (χ3n) is 10.6. The van der Waals surface area contributed by atoms with Gasteiger partial charge in [0.15, 0.2) is 0 Å². The first-order valence-electron chi connectivity index (χ1n) is 18.2. The lowest BCUT2D eigenvalue weighted by Crippen LogP contribution is -2.37. The highest BCUT2D eigenvalue weighted by Gasteiger charge is 2.22. The molecule has 4 nitrogen and oxygen atoms in total. The number of hydrogen-bond donors (Lipinski definition) is 0. The molecule has 0 radical (unpaired) electrons. The van der Waals surface area contributed by atoms with E-state index in [1.54, 1.807) is 17.2 Å². The molecular weight excluding hydrogens is 613 g/mol. The highest BCUT2D eigenvalue weighted by atomic mass is 16.5. The summed E-state index contributed by atoms with van der Waals surface area (Å²) >= 11 is 0. The molecule has 4 heteroatoms. The number of para-hydroxylation sites is 1. The molecule has 6 aromatic carbocycles. The highest BCUT2D eigenvalue weighted by molar-refractivity contribution is 6.08. The number of nitrogens with zero attached hydrogens (tertiary/aromatic N) is 2. The number of pyridine rings is 1. The zero-order chi connectivity index (χ0) is 33.7. The molecule has 9 rings (SSSR count). The Hall–Kier alpha value is -5.19. The quantitative estimate of drug-likeness (QED) is 0.167. The van der Waals surface area contributed by atoms with E-state index in [0.717, 1.165) is 49.1 Å². The summed E-state index contributed by atoms with van der Waals surface area (Å²) in [5.74, 6) is 0.895. The van der Waals surface area contributed by atoms with Gasteiger partial charge in [-0.3, -0.25) is 9.69 Å². The van der Waals surface area contributed by atoms with Crippen molar-refractivity contribution in [2.75, 3.05) is 13.1 Å². The minimum Gasteiger partial charge on any atom is -0.489 e. The molecule has 7 aromatic rings. The van der Waals surface area contributed by atoms with Crippen molar-refractivity contribution in [1.82, 2.24) is 9.47 Å². The number of piperidine rings is 1. The predicted molar refractivity (Wildman–Crippen MR) is 207 cm³/mol. The zero-order valence-corrected chi connectivity index (χ0v) is 28.6. The summed E-state index contributed by atoms with van der Waals surface area (Å²) in [5, 5.41) is 6.77. The van der Waals surface area contributed by atoms with Crippen LogP contribution >= 0.6 is 0 Å². The van der Waals surface area contributed by atoms with E-state index in [0.29, 0.717) is 6.61 Å². The van der Waals surface area contributed by atoms with Crippen molar-refractivity contribution in [3.63, 3.8) is 0 Å². The summed E-state index contributed by atoms with van der Waals surface area (Å²) in [5.41, 5.74) is 6.79. The van der Waals surface area contributed by atoms with Crippen molar-refractivity contribution < 1.29 is 4.74 Å². The normalized spacial score (nSPS) is 15.0. The lowest BCUT2D eigenvalue weighted by atomic mass is 9.86. The van der Waals surface area contributed by atoms with Gasteiger partial charge >= 0.3 is 0 Å². The van der Waals surface area contributed by atoms with Crippen LogP contribution < -0.4 is 10.3 Å². The van der Waals surface area contributed by atoms with E-state index < -0.39 is 0 Å². The molecule has 0 spiro atoms. The molecule has 1 aliphatic heterocycles. The number of aryl methyl sites for hydroxylation is 2. The van der Waals surface area contributed by atoms with Gasteiger partial charge in [0.05, 0.1) is 5.52 Å². The molecule has 2 aliphatic rings. The van der Waals surface area contributed by atoms with Gasteiger partial charge in [-0.15, -0.1) is 0 Å². The summed E-state index contributed by atoms with van der Waals surface area (Å²) in [7, 11) is 0. The van der Waals surface area contributed by atoms with E-state index in [-0.39, 0.29) is 11.6 Å². The first-order valence-corrected chi connectivity index (χ1v) is 18.2. The number of benzene rings is 6. The van der Waals surface area contributed by atoms with Gasteiger partial charge in [-0.05, 0) is 112 Å². The molecule has 0 atom stereocenters. The van der Waals surface area contributed by atoms with E-state index >= 15 is 0 Å².